The summed E-state index contributed by atoms with van der Waals surface area (Å²) in [5, 5.41) is 6.71. The van der Waals surface area contributed by atoms with Crippen molar-refractivity contribution >= 4 is 11.7 Å². The first-order valence-electron chi connectivity index (χ1n) is 6.97. The monoisotopic (exact) mass is 311 g/mol. The average Bonchev–Trinajstić information content (AvgIpc) is 2.93. The van der Waals surface area contributed by atoms with Crippen LogP contribution in [0.25, 0.3) is 0 Å². The number of aryl methyl sites for hydroxylation is 1. The van der Waals surface area contributed by atoms with Gasteiger partial charge in [0.05, 0.1) is 13.7 Å². The van der Waals surface area contributed by atoms with E-state index in [1.165, 1.54) is 18.7 Å². The van der Waals surface area contributed by atoms with Crippen molar-refractivity contribution in [3.8, 4) is 17.7 Å². The van der Waals surface area contributed by atoms with Crippen LogP contribution < -0.4 is 10.1 Å². The molecule has 1 amide bonds. The van der Waals surface area contributed by atoms with Gasteiger partial charge in [-0.2, -0.15) is 0 Å². The van der Waals surface area contributed by atoms with Gasteiger partial charge in [0.15, 0.2) is 5.78 Å². The molecule has 2 rings (SSSR count). The Morgan fingerprint density at radius 3 is 2.61 bits per heavy atom. The Balaban J connectivity index is 1.94. The Kier molecular flexibility index (Phi) is 5.15. The first-order chi connectivity index (χ1) is 11.0. The number of hydrogen-bond acceptors (Lipinski definition) is 4. The number of hydrogen-bond donors (Lipinski definition) is 1. The minimum absolute atomic E-state index is 0.0159. The number of methoxy groups -OCH3 is 1. The largest absolute Gasteiger partial charge is 0.479 e. The second-order valence-corrected chi connectivity index (χ2v) is 4.84. The first-order valence-corrected chi connectivity index (χ1v) is 6.97. The number of amides is 1. The number of benzene rings is 1. The lowest BCUT2D eigenvalue weighted by molar-refractivity contribution is 0.0954. The van der Waals surface area contributed by atoms with Crippen LogP contribution in [0.5, 0.6) is 5.88 Å². The number of carbonyl (C=O) groups excluding carboxylic acids is 2. The van der Waals surface area contributed by atoms with Crippen molar-refractivity contribution in [2.45, 2.75) is 6.92 Å². The van der Waals surface area contributed by atoms with Crippen molar-refractivity contribution in [2.24, 2.45) is 7.05 Å². The highest BCUT2D eigenvalue weighted by molar-refractivity contribution is 5.96. The van der Waals surface area contributed by atoms with Crippen LogP contribution in [0, 0.1) is 11.8 Å². The molecule has 0 aliphatic rings. The van der Waals surface area contributed by atoms with E-state index < -0.39 is 0 Å². The second-order valence-electron chi connectivity index (χ2n) is 4.84. The molecule has 0 atom stereocenters. The summed E-state index contributed by atoms with van der Waals surface area (Å²) in [4.78, 5) is 23.2. The van der Waals surface area contributed by atoms with Gasteiger partial charge in [0.2, 0.25) is 5.88 Å². The third-order valence-corrected chi connectivity index (χ3v) is 3.09. The van der Waals surface area contributed by atoms with Crippen LogP contribution >= 0.6 is 0 Å². The molecule has 0 radical (unpaired) electrons. The van der Waals surface area contributed by atoms with Crippen LogP contribution in [0.2, 0.25) is 0 Å². The number of aromatic nitrogens is 2. The van der Waals surface area contributed by atoms with Gasteiger partial charge in [-0.05, 0) is 19.1 Å². The van der Waals surface area contributed by atoms with Gasteiger partial charge in [-0.1, -0.05) is 24.0 Å². The minimum atomic E-state index is -0.295. The number of nitrogens with one attached hydrogen (secondary N) is 1. The Morgan fingerprint density at radius 1 is 1.30 bits per heavy atom. The molecular formula is C17H17N3O3. The van der Waals surface area contributed by atoms with E-state index in [9.17, 15) is 9.59 Å². The van der Waals surface area contributed by atoms with Crippen LogP contribution in [0.1, 0.15) is 33.2 Å². The summed E-state index contributed by atoms with van der Waals surface area (Å²) in [6.07, 6.45) is 1.59. The van der Waals surface area contributed by atoms with Crippen molar-refractivity contribution in [3.05, 3.63) is 47.2 Å². The van der Waals surface area contributed by atoms with Gasteiger partial charge in [0.1, 0.15) is 5.56 Å². The smallest absolute Gasteiger partial charge is 0.259 e. The number of carbonyl (C=O) groups is 2. The van der Waals surface area contributed by atoms with Crippen LogP contribution in [-0.2, 0) is 7.05 Å². The molecule has 0 spiro atoms. The molecule has 0 bridgehead atoms. The third-order valence-electron chi connectivity index (χ3n) is 3.09. The highest BCUT2D eigenvalue weighted by atomic mass is 16.5. The molecule has 6 heteroatoms. The predicted molar refractivity (Wildman–Crippen MR) is 85.4 cm³/mol. The molecule has 1 heterocycles. The molecule has 0 fully saturated rings. The number of nitrogens with zero attached hydrogens (tertiary/aromatic N) is 2. The Morgan fingerprint density at radius 2 is 2.00 bits per heavy atom. The fourth-order valence-corrected chi connectivity index (χ4v) is 1.93. The van der Waals surface area contributed by atoms with Crippen molar-refractivity contribution in [2.75, 3.05) is 13.7 Å². The zero-order valence-corrected chi connectivity index (χ0v) is 13.2. The molecule has 0 unspecified atom stereocenters. The van der Waals surface area contributed by atoms with E-state index in [0.717, 1.165) is 5.56 Å². The summed E-state index contributed by atoms with van der Waals surface area (Å²) >= 11 is 0. The van der Waals surface area contributed by atoms with Gasteiger partial charge < -0.3 is 10.1 Å². The zero-order valence-electron chi connectivity index (χ0n) is 13.2. The van der Waals surface area contributed by atoms with Crippen LogP contribution in [0.3, 0.4) is 0 Å². The third kappa shape index (κ3) is 4.20. The summed E-state index contributed by atoms with van der Waals surface area (Å²) in [5.74, 6) is 5.78. The van der Waals surface area contributed by atoms with E-state index in [-0.39, 0.29) is 24.1 Å². The molecular weight excluding hydrogens is 294 g/mol. The molecule has 1 aromatic heterocycles. The number of Topliss-reactive ketones (excluding diaryl/α,β-unsaturated/α-hetero) is 1. The maximum Gasteiger partial charge on any atom is 0.259 e. The summed E-state index contributed by atoms with van der Waals surface area (Å²) < 4.78 is 6.55. The van der Waals surface area contributed by atoms with E-state index in [0.29, 0.717) is 11.1 Å². The summed E-state index contributed by atoms with van der Waals surface area (Å²) in [6, 6.07) is 7.00. The van der Waals surface area contributed by atoms with E-state index in [1.54, 1.807) is 37.5 Å². The molecule has 1 N–H and O–H groups in total. The van der Waals surface area contributed by atoms with E-state index in [4.69, 9.17) is 4.74 Å². The van der Waals surface area contributed by atoms with E-state index in [1.807, 2.05) is 0 Å². The number of ketones is 1. The van der Waals surface area contributed by atoms with Gasteiger partial charge in [0.25, 0.3) is 5.91 Å². The molecule has 0 saturated heterocycles. The standard InChI is InChI=1S/C17H17N3O3/c1-12(21)14-8-6-13(7-9-14)5-4-10-18-16(22)15-11-20(2)19-17(15)23-3/h6-9,11H,10H2,1-3H3,(H,18,22). The highest BCUT2D eigenvalue weighted by Crippen LogP contribution is 2.13. The molecule has 118 valence electrons. The quantitative estimate of drug-likeness (QED) is 0.684. The van der Waals surface area contributed by atoms with Crippen molar-refractivity contribution in [1.82, 2.24) is 15.1 Å². The SMILES string of the molecule is COc1nn(C)cc1C(=O)NCC#Cc1ccc(C(C)=O)cc1. The molecule has 6 nitrogen and oxygen atoms in total. The van der Waals surface area contributed by atoms with Crippen LogP contribution in [-0.4, -0.2) is 35.1 Å². The summed E-state index contributed by atoms with van der Waals surface area (Å²) in [7, 11) is 3.17. The fourth-order valence-electron chi connectivity index (χ4n) is 1.93. The van der Waals surface area contributed by atoms with Gasteiger partial charge in [0, 0.05) is 24.4 Å². The Hall–Kier alpha value is -3.07. The van der Waals surface area contributed by atoms with Crippen molar-refractivity contribution < 1.29 is 14.3 Å². The molecule has 1 aromatic carbocycles. The van der Waals surface area contributed by atoms with Crippen molar-refractivity contribution in [3.63, 3.8) is 0 Å². The van der Waals surface area contributed by atoms with Gasteiger partial charge >= 0.3 is 0 Å². The van der Waals surface area contributed by atoms with Gasteiger partial charge in [-0.15, -0.1) is 5.10 Å². The highest BCUT2D eigenvalue weighted by Gasteiger charge is 2.15. The van der Waals surface area contributed by atoms with Gasteiger partial charge in [-0.3, -0.25) is 14.3 Å². The van der Waals surface area contributed by atoms with E-state index in [2.05, 4.69) is 22.3 Å². The average molecular weight is 311 g/mol. The lowest BCUT2D eigenvalue weighted by atomic mass is 10.1. The number of ether oxygens (including phenoxy) is 1. The van der Waals surface area contributed by atoms with Crippen molar-refractivity contribution in [1.29, 1.82) is 0 Å². The van der Waals surface area contributed by atoms with Gasteiger partial charge in [-0.25, -0.2) is 0 Å². The van der Waals surface area contributed by atoms with E-state index >= 15 is 0 Å². The normalized spacial score (nSPS) is 9.70. The van der Waals surface area contributed by atoms with Crippen LogP contribution in [0.4, 0.5) is 0 Å². The lowest BCUT2D eigenvalue weighted by Crippen LogP contribution is -2.23. The zero-order chi connectivity index (χ0) is 16.8. The maximum atomic E-state index is 12.0. The topological polar surface area (TPSA) is 73.2 Å². The Labute approximate surface area is 134 Å². The maximum absolute atomic E-state index is 12.0. The first kappa shape index (κ1) is 16.3. The summed E-state index contributed by atoms with van der Waals surface area (Å²) in [5.41, 5.74) is 1.79. The minimum Gasteiger partial charge on any atom is -0.479 e. The molecule has 0 saturated carbocycles. The van der Waals surface area contributed by atoms with Crippen LogP contribution in [0.15, 0.2) is 30.5 Å². The number of rotatable bonds is 4. The molecule has 0 aliphatic heterocycles. The predicted octanol–water partition coefficient (Wildman–Crippen LogP) is 1.41. The molecule has 2 aromatic rings. The molecule has 0 aliphatic carbocycles. The second kappa shape index (κ2) is 7.27. The Bertz CT molecular complexity index is 780. The molecule has 23 heavy (non-hydrogen) atoms. The summed E-state index contributed by atoms with van der Waals surface area (Å²) in [6.45, 7) is 1.72. The lowest BCUT2D eigenvalue weighted by Gasteiger charge is -2.00. The fraction of sp³-hybridized carbons (Fsp3) is 0.235.